The Hall–Kier alpha value is -1.73. The number of amides is 1. The Morgan fingerprint density at radius 2 is 2.38 bits per heavy atom. The number of hydrogen-bond donors (Lipinski definition) is 2. The summed E-state index contributed by atoms with van der Waals surface area (Å²) in [5, 5.41) is 11.4. The van der Waals surface area contributed by atoms with Gasteiger partial charge in [0.1, 0.15) is 0 Å². The van der Waals surface area contributed by atoms with Crippen molar-refractivity contribution in [3.8, 4) is 0 Å². The molecule has 2 heterocycles. The molecule has 1 saturated heterocycles. The summed E-state index contributed by atoms with van der Waals surface area (Å²) in [6.45, 7) is 4.51. The van der Waals surface area contributed by atoms with Crippen LogP contribution in [0.15, 0.2) is 12.1 Å². The van der Waals surface area contributed by atoms with Gasteiger partial charge in [0.15, 0.2) is 11.5 Å². The number of ether oxygens (including phenoxy) is 1. The third-order valence-electron chi connectivity index (χ3n) is 3.66. The topological polar surface area (TPSA) is 93.4 Å². The molecule has 1 fully saturated rings. The molecule has 0 saturated carbocycles. The third-order valence-corrected chi connectivity index (χ3v) is 3.66. The van der Waals surface area contributed by atoms with E-state index in [0.717, 1.165) is 45.0 Å². The molecule has 1 unspecified atom stereocenters. The summed E-state index contributed by atoms with van der Waals surface area (Å²) >= 11 is 0. The molecular weight excluding hydrogens is 270 g/mol. The molecule has 0 aliphatic carbocycles. The molecular formula is C14H23N5O2. The Bertz CT molecular complexity index is 451. The van der Waals surface area contributed by atoms with E-state index in [1.807, 2.05) is 6.07 Å². The first-order chi connectivity index (χ1) is 10.2. The minimum absolute atomic E-state index is 0.202. The van der Waals surface area contributed by atoms with Crippen LogP contribution in [-0.2, 0) is 4.74 Å². The average Bonchev–Trinajstić information content (AvgIpc) is 2.52. The van der Waals surface area contributed by atoms with E-state index in [9.17, 15) is 4.79 Å². The van der Waals surface area contributed by atoms with Gasteiger partial charge in [-0.25, -0.2) is 0 Å². The lowest BCUT2D eigenvalue weighted by atomic mass is 9.98. The zero-order valence-electron chi connectivity index (χ0n) is 12.4. The van der Waals surface area contributed by atoms with Gasteiger partial charge in [-0.3, -0.25) is 4.79 Å². The first-order valence-corrected chi connectivity index (χ1v) is 7.29. The highest BCUT2D eigenvalue weighted by Gasteiger charge is 2.21. The molecule has 1 amide bonds. The number of methoxy groups -OCH3 is 1. The molecule has 21 heavy (non-hydrogen) atoms. The minimum atomic E-state index is -0.548. The second-order valence-electron chi connectivity index (χ2n) is 5.29. The van der Waals surface area contributed by atoms with Gasteiger partial charge in [-0.05, 0) is 37.4 Å². The lowest BCUT2D eigenvalue weighted by Crippen LogP contribution is -2.40. The number of hydrogen-bond acceptors (Lipinski definition) is 6. The number of aromatic nitrogens is 2. The van der Waals surface area contributed by atoms with Crippen LogP contribution in [0.4, 0.5) is 5.82 Å². The fraction of sp³-hybridized carbons (Fsp3) is 0.643. The van der Waals surface area contributed by atoms with Gasteiger partial charge in [-0.2, -0.15) is 0 Å². The maximum absolute atomic E-state index is 11.0. The van der Waals surface area contributed by atoms with Crippen LogP contribution in [-0.4, -0.2) is 56.0 Å². The normalized spacial score (nSPS) is 18.7. The molecule has 1 atom stereocenters. The van der Waals surface area contributed by atoms with E-state index in [0.29, 0.717) is 5.92 Å². The smallest absolute Gasteiger partial charge is 0.269 e. The van der Waals surface area contributed by atoms with Crippen molar-refractivity contribution in [2.75, 3.05) is 44.8 Å². The SMILES string of the molecule is COCCNCC1CCCN(c2ccc(C(N)=O)nn2)C1. The van der Waals surface area contributed by atoms with Crippen LogP contribution < -0.4 is 16.0 Å². The number of anilines is 1. The molecule has 7 nitrogen and oxygen atoms in total. The van der Waals surface area contributed by atoms with Crippen LogP contribution in [0.3, 0.4) is 0 Å². The van der Waals surface area contributed by atoms with Crippen molar-refractivity contribution in [2.24, 2.45) is 11.7 Å². The number of rotatable bonds is 7. The van der Waals surface area contributed by atoms with Gasteiger partial charge < -0.3 is 20.7 Å². The molecule has 0 aromatic carbocycles. The van der Waals surface area contributed by atoms with Gasteiger partial charge in [-0.15, -0.1) is 10.2 Å². The van der Waals surface area contributed by atoms with E-state index in [-0.39, 0.29) is 5.69 Å². The maximum atomic E-state index is 11.0. The Morgan fingerprint density at radius 1 is 1.52 bits per heavy atom. The molecule has 1 aromatic rings. The third kappa shape index (κ3) is 4.64. The Morgan fingerprint density at radius 3 is 3.05 bits per heavy atom. The molecule has 0 spiro atoms. The van der Waals surface area contributed by atoms with Gasteiger partial charge in [0.2, 0.25) is 0 Å². The highest BCUT2D eigenvalue weighted by Crippen LogP contribution is 2.20. The van der Waals surface area contributed by atoms with Crippen LogP contribution in [0, 0.1) is 5.92 Å². The van der Waals surface area contributed by atoms with Gasteiger partial charge in [0, 0.05) is 26.7 Å². The van der Waals surface area contributed by atoms with Gasteiger partial charge >= 0.3 is 0 Å². The van der Waals surface area contributed by atoms with E-state index in [1.54, 1.807) is 13.2 Å². The maximum Gasteiger partial charge on any atom is 0.269 e. The number of nitrogens with two attached hydrogens (primary N) is 1. The summed E-state index contributed by atoms with van der Waals surface area (Å²) in [5.41, 5.74) is 5.37. The van der Waals surface area contributed by atoms with Crippen molar-refractivity contribution in [3.63, 3.8) is 0 Å². The van der Waals surface area contributed by atoms with Crippen LogP contribution in [0.2, 0.25) is 0 Å². The molecule has 2 rings (SSSR count). The number of nitrogens with one attached hydrogen (secondary N) is 1. The largest absolute Gasteiger partial charge is 0.383 e. The summed E-state index contributed by atoms with van der Waals surface area (Å²) in [4.78, 5) is 13.2. The first kappa shape index (κ1) is 15.7. The zero-order valence-corrected chi connectivity index (χ0v) is 12.4. The van der Waals surface area contributed by atoms with E-state index >= 15 is 0 Å². The van der Waals surface area contributed by atoms with Crippen molar-refractivity contribution >= 4 is 11.7 Å². The summed E-state index contributed by atoms with van der Waals surface area (Å²) in [7, 11) is 1.71. The summed E-state index contributed by atoms with van der Waals surface area (Å²) in [6.07, 6.45) is 2.35. The molecule has 0 bridgehead atoms. The van der Waals surface area contributed by atoms with Gasteiger partial charge in [0.05, 0.1) is 6.61 Å². The number of carbonyl (C=O) groups is 1. The fourth-order valence-electron chi connectivity index (χ4n) is 2.55. The Labute approximate surface area is 124 Å². The van der Waals surface area contributed by atoms with Crippen molar-refractivity contribution in [1.29, 1.82) is 0 Å². The van der Waals surface area contributed by atoms with E-state index in [4.69, 9.17) is 10.5 Å². The standard InChI is InChI=1S/C14H23N5O2/c1-21-8-6-16-9-11-3-2-7-19(10-11)13-5-4-12(14(15)20)17-18-13/h4-5,11,16H,2-3,6-10H2,1H3,(H2,15,20). The van der Waals surface area contributed by atoms with Gasteiger partial charge in [0.25, 0.3) is 5.91 Å². The van der Waals surface area contributed by atoms with Crippen LogP contribution >= 0.6 is 0 Å². The number of primary amides is 1. The highest BCUT2D eigenvalue weighted by molar-refractivity contribution is 5.90. The minimum Gasteiger partial charge on any atom is -0.383 e. The molecule has 3 N–H and O–H groups in total. The van der Waals surface area contributed by atoms with Crippen molar-refractivity contribution in [3.05, 3.63) is 17.8 Å². The fourth-order valence-corrected chi connectivity index (χ4v) is 2.55. The summed E-state index contributed by atoms with van der Waals surface area (Å²) in [6, 6.07) is 3.44. The van der Waals surface area contributed by atoms with Gasteiger partial charge in [-0.1, -0.05) is 0 Å². The first-order valence-electron chi connectivity index (χ1n) is 7.29. The molecule has 0 radical (unpaired) electrons. The zero-order chi connectivity index (χ0) is 15.1. The Balaban J connectivity index is 1.86. The molecule has 116 valence electrons. The predicted molar refractivity (Wildman–Crippen MR) is 80.2 cm³/mol. The lowest BCUT2D eigenvalue weighted by molar-refractivity contribution is 0.0994. The quantitative estimate of drug-likeness (QED) is 0.689. The second-order valence-corrected chi connectivity index (χ2v) is 5.29. The van der Waals surface area contributed by atoms with Crippen molar-refractivity contribution in [2.45, 2.75) is 12.8 Å². The van der Waals surface area contributed by atoms with Crippen molar-refractivity contribution in [1.82, 2.24) is 15.5 Å². The highest BCUT2D eigenvalue weighted by atomic mass is 16.5. The van der Waals surface area contributed by atoms with Crippen molar-refractivity contribution < 1.29 is 9.53 Å². The molecule has 1 aliphatic heterocycles. The molecule has 7 heteroatoms. The molecule has 1 aliphatic rings. The van der Waals surface area contributed by atoms with E-state index in [2.05, 4.69) is 20.4 Å². The van der Waals surface area contributed by atoms with Crippen LogP contribution in [0.5, 0.6) is 0 Å². The molecule has 1 aromatic heterocycles. The lowest BCUT2D eigenvalue weighted by Gasteiger charge is -2.33. The number of piperidine rings is 1. The number of nitrogens with zero attached hydrogens (tertiary/aromatic N) is 3. The Kier molecular flexibility index (Phi) is 5.89. The van der Waals surface area contributed by atoms with E-state index < -0.39 is 5.91 Å². The van der Waals surface area contributed by atoms with E-state index in [1.165, 1.54) is 6.42 Å². The monoisotopic (exact) mass is 293 g/mol. The summed E-state index contributed by atoms with van der Waals surface area (Å²) in [5.74, 6) is 0.850. The number of carbonyl (C=O) groups excluding carboxylic acids is 1. The summed E-state index contributed by atoms with van der Waals surface area (Å²) < 4.78 is 5.02. The van der Waals surface area contributed by atoms with Crippen LogP contribution in [0.1, 0.15) is 23.3 Å². The van der Waals surface area contributed by atoms with Crippen LogP contribution in [0.25, 0.3) is 0 Å². The predicted octanol–water partition coefficient (Wildman–Crippen LogP) is 0.0279. The second kappa shape index (κ2) is 7.90. The average molecular weight is 293 g/mol.